The van der Waals surface area contributed by atoms with Gasteiger partial charge in [-0.1, -0.05) is 6.07 Å². The SMILES string of the molecule is CCNC(=NCc1ccccn1)NCC(C)(O)c1cnn(C)c1. The van der Waals surface area contributed by atoms with E-state index in [9.17, 15) is 5.11 Å². The number of aromatic nitrogens is 3. The van der Waals surface area contributed by atoms with Gasteiger partial charge in [-0.3, -0.25) is 9.67 Å². The summed E-state index contributed by atoms with van der Waals surface area (Å²) in [5.74, 6) is 0.641. The minimum absolute atomic E-state index is 0.326. The van der Waals surface area contributed by atoms with Gasteiger partial charge in [0.15, 0.2) is 5.96 Å². The van der Waals surface area contributed by atoms with Crippen molar-refractivity contribution in [2.75, 3.05) is 13.1 Å². The fourth-order valence-electron chi connectivity index (χ4n) is 2.05. The zero-order valence-electron chi connectivity index (χ0n) is 13.8. The first-order valence-corrected chi connectivity index (χ1v) is 7.65. The molecule has 2 heterocycles. The van der Waals surface area contributed by atoms with Crippen LogP contribution in [0.3, 0.4) is 0 Å². The molecule has 0 aliphatic heterocycles. The number of nitrogens with zero attached hydrogens (tertiary/aromatic N) is 4. The molecule has 23 heavy (non-hydrogen) atoms. The molecule has 7 nitrogen and oxygen atoms in total. The molecule has 0 saturated heterocycles. The maximum Gasteiger partial charge on any atom is 0.191 e. The first kappa shape index (κ1) is 17.0. The second-order valence-corrected chi connectivity index (χ2v) is 5.55. The molecule has 0 aliphatic carbocycles. The largest absolute Gasteiger partial charge is 0.383 e. The third-order valence-electron chi connectivity index (χ3n) is 3.40. The molecule has 0 radical (unpaired) electrons. The predicted octanol–water partition coefficient (Wildman–Crippen LogP) is 0.778. The second kappa shape index (κ2) is 7.73. The van der Waals surface area contributed by atoms with E-state index in [4.69, 9.17) is 0 Å². The number of nitrogens with one attached hydrogen (secondary N) is 2. The summed E-state index contributed by atoms with van der Waals surface area (Å²) in [6.45, 7) is 5.29. The topological polar surface area (TPSA) is 87.4 Å². The van der Waals surface area contributed by atoms with Crippen molar-refractivity contribution in [2.24, 2.45) is 12.0 Å². The molecule has 124 valence electrons. The van der Waals surface area contributed by atoms with Crippen LogP contribution in [0.1, 0.15) is 25.1 Å². The Bertz CT molecular complexity index is 635. The van der Waals surface area contributed by atoms with E-state index in [1.54, 1.807) is 30.2 Å². The summed E-state index contributed by atoms with van der Waals surface area (Å²) in [6, 6.07) is 5.74. The molecule has 2 aromatic heterocycles. The molecule has 1 unspecified atom stereocenters. The number of aliphatic hydroxyl groups is 1. The molecule has 0 saturated carbocycles. The quantitative estimate of drug-likeness (QED) is 0.541. The summed E-state index contributed by atoms with van der Waals surface area (Å²) in [5.41, 5.74) is 0.618. The summed E-state index contributed by atoms with van der Waals surface area (Å²) in [5, 5.41) is 21.0. The molecule has 3 N–H and O–H groups in total. The average Bonchev–Trinajstić information content (AvgIpc) is 2.98. The molecular weight excluding hydrogens is 292 g/mol. The van der Waals surface area contributed by atoms with E-state index in [-0.39, 0.29) is 0 Å². The fourth-order valence-corrected chi connectivity index (χ4v) is 2.05. The Morgan fingerprint density at radius 3 is 2.83 bits per heavy atom. The molecule has 2 rings (SSSR count). The lowest BCUT2D eigenvalue weighted by atomic mass is 10.00. The van der Waals surface area contributed by atoms with Crippen molar-refractivity contribution in [1.82, 2.24) is 25.4 Å². The lowest BCUT2D eigenvalue weighted by molar-refractivity contribution is 0.0616. The Labute approximate surface area is 136 Å². The van der Waals surface area contributed by atoms with Gasteiger partial charge in [-0.2, -0.15) is 5.10 Å². The number of hydrogen-bond donors (Lipinski definition) is 3. The highest BCUT2D eigenvalue weighted by Gasteiger charge is 2.24. The van der Waals surface area contributed by atoms with Crippen molar-refractivity contribution in [2.45, 2.75) is 26.0 Å². The molecule has 0 bridgehead atoms. The van der Waals surface area contributed by atoms with Gasteiger partial charge in [-0.25, -0.2) is 4.99 Å². The van der Waals surface area contributed by atoms with Crippen LogP contribution >= 0.6 is 0 Å². The fraction of sp³-hybridized carbons (Fsp3) is 0.438. The van der Waals surface area contributed by atoms with E-state index in [2.05, 4.69) is 25.7 Å². The van der Waals surface area contributed by atoms with E-state index < -0.39 is 5.60 Å². The standard InChI is InChI=1S/C16H24N6O/c1-4-17-15(19-10-14-7-5-6-8-18-14)20-12-16(2,23)13-9-21-22(3)11-13/h5-9,11,23H,4,10,12H2,1-3H3,(H2,17,19,20). The first-order valence-electron chi connectivity index (χ1n) is 7.65. The molecule has 2 aromatic rings. The van der Waals surface area contributed by atoms with Gasteiger partial charge in [-0.15, -0.1) is 0 Å². The van der Waals surface area contributed by atoms with E-state index >= 15 is 0 Å². The monoisotopic (exact) mass is 316 g/mol. The predicted molar refractivity (Wildman–Crippen MR) is 89.8 cm³/mol. The molecule has 7 heteroatoms. The van der Waals surface area contributed by atoms with Gasteiger partial charge in [0.25, 0.3) is 0 Å². The Balaban J connectivity index is 1.98. The molecule has 0 aliphatic rings. The van der Waals surface area contributed by atoms with Gasteiger partial charge in [0.05, 0.1) is 25.0 Å². The molecule has 0 aromatic carbocycles. The van der Waals surface area contributed by atoms with Crippen LogP contribution in [0.2, 0.25) is 0 Å². The van der Waals surface area contributed by atoms with Crippen molar-refractivity contribution in [1.29, 1.82) is 0 Å². The lowest BCUT2D eigenvalue weighted by Gasteiger charge is -2.23. The maximum absolute atomic E-state index is 10.6. The Morgan fingerprint density at radius 1 is 1.39 bits per heavy atom. The highest BCUT2D eigenvalue weighted by molar-refractivity contribution is 5.79. The molecule has 0 spiro atoms. The number of aryl methyl sites for hydroxylation is 1. The zero-order valence-corrected chi connectivity index (χ0v) is 13.8. The molecular formula is C16H24N6O. The van der Waals surface area contributed by atoms with Crippen molar-refractivity contribution in [3.8, 4) is 0 Å². The third-order valence-corrected chi connectivity index (χ3v) is 3.40. The van der Waals surface area contributed by atoms with Crippen LogP contribution in [-0.2, 0) is 19.2 Å². The van der Waals surface area contributed by atoms with Crippen molar-refractivity contribution < 1.29 is 5.11 Å². The Morgan fingerprint density at radius 2 is 2.22 bits per heavy atom. The summed E-state index contributed by atoms with van der Waals surface area (Å²) < 4.78 is 1.67. The number of rotatable bonds is 6. The smallest absolute Gasteiger partial charge is 0.191 e. The zero-order chi connectivity index (χ0) is 16.7. The van der Waals surface area contributed by atoms with Crippen molar-refractivity contribution in [3.63, 3.8) is 0 Å². The van der Waals surface area contributed by atoms with Gasteiger partial charge >= 0.3 is 0 Å². The summed E-state index contributed by atoms with van der Waals surface area (Å²) in [7, 11) is 1.82. The second-order valence-electron chi connectivity index (χ2n) is 5.55. The summed E-state index contributed by atoms with van der Waals surface area (Å²) in [4.78, 5) is 8.73. The number of pyridine rings is 1. The van der Waals surface area contributed by atoms with Crippen LogP contribution in [0.4, 0.5) is 0 Å². The van der Waals surface area contributed by atoms with E-state index in [0.717, 1.165) is 17.8 Å². The minimum Gasteiger partial charge on any atom is -0.383 e. The third kappa shape index (κ3) is 5.07. The van der Waals surface area contributed by atoms with Gasteiger partial charge in [0.2, 0.25) is 0 Å². The Kier molecular flexibility index (Phi) is 5.70. The van der Waals surface area contributed by atoms with Crippen LogP contribution in [0, 0.1) is 0 Å². The normalized spacial score (nSPS) is 14.3. The molecule has 1 atom stereocenters. The number of guanidine groups is 1. The van der Waals surface area contributed by atoms with Crippen LogP contribution in [-0.4, -0.2) is 38.9 Å². The van der Waals surface area contributed by atoms with Crippen LogP contribution in [0.15, 0.2) is 41.8 Å². The lowest BCUT2D eigenvalue weighted by Crippen LogP contribution is -2.44. The van der Waals surface area contributed by atoms with Gasteiger partial charge in [0.1, 0.15) is 5.60 Å². The van der Waals surface area contributed by atoms with E-state index in [1.807, 2.05) is 32.2 Å². The molecule has 0 fully saturated rings. The van der Waals surface area contributed by atoms with Crippen LogP contribution in [0.5, 0.6) is 0 Å². The number of hydrogen-bond acceptors (Lipinski definition) is 4. The minimum atomic E-state index is -1.03. The van der Waals surface area contributed by atoms with E-state index in [0.29, 0.717) is 19.0 Å². The van der Waals surface area contributed by atoms with Gasteiger partial charge in [0, 0.05) is 31.5 Å². The highest BCUT2D eigenvalue weighted by Crippen LogP contribution is 2.18. The van der Waals surface area contributed by atoms with Gasteiger partial charge in [-0.05, 0) is 26.0 Å². The number of aliphatic imine (C=N–C) groups is 1. The summed E-state index contributed by atoms with van der Waals surface area (Å²) in [6.07, 6.45) is 5.22. The van der Waals surface area contributed by atoms with Gasteiger partial charge < -0.3 is 15.7 Å². The van der Waals surface area contributed by atoms with E-state index in [1.165, 1.54) is 0 Å². The summed E-state index contributed by atoms with van der Waals surface area (Å²) >= 11 is 0. The van der Waals surface area contributed by atoms with Crippen molar-refractivity contribution >= 4 is 5.96 Å². The van der Waals surface area contributed by atoms with Crippen molar-refractivity contribution in [3.05, 3.63) is 48.0 Å². The maximum atomic E-state index is 10.6. The highest BCUT2D eigenvalue weighted by atomic mass is 16.3. The van der Waals surface area contributed by atoms with Crippen LogP contribution < -0.4 is 10.6 Å². The average molecular weight is 316 g/mol. The van der Waals surface area contributed by atoms with Crippen LogP contribution in [0.25, 0.3) is 0 Å². The molecule has 0 amide bonds. The first-order chi connectivity index (χ1) is 11.0. The Hall–Kier alpha value is -2.41.